The Bertz CT molecular complexity index is 1660. The lowest BCUT2D eigenvalue weighted by molar-refractivity contribution is 1.24. The molecule has 0 bridgehead atoms. The number of aromatic nitrogens is 1. The van der Waals surface area contributed by atoms with Gasteiger partial charge in [0.25, 0.3) is 0 Å². The molecule has 0 atom stereocenters. The first-order chi connectivity index (χ1) is 18.9. The molecular formula is C35H30ClN3. The minimum absolute atomic E-state index is 0.624. The Labute approximate surface area is 235 Å². The number of pyridine rings is 1. The molecule has 0 spiro atoms. The van der Waals surface area contributed by atoms with Crippen LogP contribution in [-0.4, -0.2) is 16.4 Å². The maximum absolute atomic E-state index is 6.69. The number of hydrogen-bond donors (Lipinski definition) is 0. The van der Waals surface area contributed by atoms with Crippen LogP contribution < -0.4 is 0 Å². The van der Waals surface area contributed by atoms with Crippen molar-refractivity contribution in [3.05, 3.63) is 159 Å². The predicted molar refractivity (Wildman–Crippen MR) is 165 cm³/mol. The average molecular weight is 528 g/mol. The Kier molecular flexibility index (Phi) is 7.81. The molecule has 0 unspecified atom stereocenters. The molecule has 0 N–H and O–H groups in total. The molecule has 1 aromatic heterocycles. The first-order valence-electron chi connectivity index (χ1n) is 13.0. The molecule has 39 heavy (non-hydrogen) atoms. The fraction of sp³-hybridized carbons (Fsp3) is 0.114. The number of hydrogen-bond acceptors (Lipinski definition) is 3. The van der Waals surface area contributed by atoms with E-state index in [4.69, 9.17) is 26.6 Å². The summed E-state index contributed by atoms with van der Waals surface area (Å²) in [6.07, 6.45) is 0. The van der Waals surface area contributed by atoms with E-state index in [0.29, 0.717) is 5.02 Å². The molecule has 0 aliphatic heterocycles. The van der Waals surface area contributed by atoms with Gasteiger partial charge in [0, 0.05) is 11.1 Å². The van der Waals surface area contributed by atoms with Gasteiger partial charge in [0.05, 0.1) is 39.2 Å². The molecule has 1 heterocycles. The van der Waals surface area contributed by atoms with E-state index in [1.807, 2.05) is 86.6 Å². The van der Waals surface area contributed by atoms with Gasteiger partial charge in [-0.1, -0.05) is 102 Å². The minimum Gasteiger partial charge on any atom is -0.246 e. The summed E-state index contributed by atoms with van der Waals surface area (Å²) in [7, 11) is 0. The first kappa shape index (κ1) is 26.3. The van der Waals surface area contributed by atoms with Gasteiger partial charge in [-0.15, -0.1) is 0 Å². The van der Waals surface area contributed by atoms with Crippen molar-refractivity contribution in [2.75, 3.05) is 0 Å². The Morgan fingerprint density at radius 1 is 0.564 bits per heavy atom. The molecule has 5 rings (SSSR count). The first-order valence-corrected chi connectivity index (χ1v) is 13.4. The van der Waals surface area contributed by atoms with Gasteiger partial charge in [-0.2, -0.15) is 0 Å². The summed E-state index contributed by atoms with van der Waals surface area (Å²) in [5.41, 5.74) is 11.2. The van der Waals surface area contributed by atoms with E-state index >= 15 is 0 Å². The van der Waals surface area contributed by atoms with Gasteiger partial charge in [0.1, 0.15) is 0 Å². The lowest BCUT2D eigenvalue weighted by Gasteiger charge is -2.13. The highest BCUT2D eigenvalue weighted by molar-refractivity contribution is 6.33. The monoisotopic (exact) mass is 527 g/mol. The number of halogens is 1. The zero-order chi connectivity index (χ0) is 27.4. The molecule has 0 aliphatic carbocycles. The van der Waals surface area contributed by atoms with Crippen LogP contribution in [0.2, 0.25) is 5.02 Å². The van der Waals surface area contributed by atoms with Crippen LogP contribution in [-0.2, 0) is 0 Å². The number of benzene rings is 4. The van der Waals surface area contributed by atoms with E-state index in [2.05, 4.69) is 50.2 Å². The quantitative estimate of drug-likeness (QED) is 0.203. The van der Waals surface area contributed by atoms with Gasteiger partial charge in [-0.25, -0.2) is 15.0 Å². The fourth-order valence-electron chi connectivity index (χ4n) is 4.64. The van der Waals surface area contributed by atoms with Gasteiger partial charge >= 0.3 is 0 Å². The van der Waals surface area contributed by atoms with E-state index in [0.717, 1.165) is 62.0 Å². The molecule has 0 amide bonds. The van der Waals surface area contributed by atoms with Gasteiger partial charge in [0.2, 0.25) is 0 Å². The molecule has 0 saturated heterocycles. The Morgan fingerprint density at radius 3 is 1.69 bits per heavy atom. The maximum atomic E-state index is 6.69. The largest absolute Gasteiger partial charge is 0.246 e. The second kappa shape index (κ2) is 11.6. The normalized spacial score (nSPS) is 12.0. The van der Waals surface area contributed by atoms with Crippen molar-refractivity contribution in [3.63, 3.8) is 0 Å². The third kappa shape index (κ3) is 6.05. The van der Waals surface area contributed by atoms with Crippen LogP contribution in [0.4, 0.5) is 11.4 Å². The van der Waals surface area contributed by atoms with Crippen LogP contribution in [0.25, 0.3) is 0 Å². The zero-order valence-corrected chi connectivity index (χ0v) is 23.4. The third-order valence-corrected chi connectivity index (χ3v) is 6.82. The van der Waals surface area contributed by atoms with E-state index in [9.17, 15) is 0 Å². The van der Waals surface area contributed by atoms with Crippen molar-refractivity contribution in [3.8, 4) is 0 Å². The lowest BCUT2D eigenvalue weighted by Crippen LogP contribution is -2.12. The van der Waals surface area contributed by atoms with E-state index < -0.39 is 0 Å². The zero-order valence-electron chi connectivity index (χ0n) is 22.6. The van der Waals surface area contributed by atoms with Crippen molar-refractivity contribution in [1.82, 2.24) is 4.98 Å². The van der Waals surface area contributed by atoms with E-state index in [1.165, 1.54) is 5.56 Å². The summed E-state index contributed by atoms with van der Waals surface area (Å²) in [6.45, 7) is 8.26. The molecular weight excluding hydrogens is 498 g/mol. The van der Waals surface area contributed by atoms with E-state index in [-0.39, 0.29) is 0 Å². The minimum atomic E-state index is 0.624. The topological polar surface area (TPSA) is 37.6 Å². The van der Waals surface area contributed by atoms with Crippen molar-refractivity contribution >= 4 is 34.4 Å². The molecule has 192 valence electrons. The molecule has 5 aromatic rings. The van der Waals surface area contributed by atoms with Crippen LogP contribution in [0.5, 0.6) is 0 Å². The Hall–Kier alpha value is -4.34. The molecule has 4 heteroatoms. The summed E-state index contributed by atoms with van der Waals surface area (Å²) in [6, 6.07) is 36.7. The highest BCUT2D eigenvalue weighted by Crippen LogP contribution is 2.32. The van der Waals surface area contributed by atoms with Crippen molar-refractivity contribution < 1.29 is 0 Å². The fourth-order valence-corrected chi connectivity index (χ4v) is 5.01. The van der Waals surface area contributed by atoms with Crippen molar-refractivity contribution in [2.24, 2.45) is 9.98 Å². The molecule has 4 aromatic carbocycles. The predicted octanol–water partition coefficient (Wildman–Crippen LogP) is 9.31. The maximum Gasteiger partial charge on any atom is 0.0966 e. The van der Waals surface area contributed by atoms with Crippen LogP contribution >= 0.6 is 11.6 Å². The van der Waals surface area contributed by atoms with Crippen LogP contribution in [0.15, 0.2) is 119 Å². The molecule has 3 nitrogen and oxygen atoms in total. The smallest absolute Gasteiger partial charge is 0.0966 e. The average Bonchev–Trinajstić information content (AvgIpc) is 2.93. The van der Waals surface area contributed by atoms with E-state index in [1.54, 1.807) is 0 Å². The summed E-state index contributed by atoms with van der Waals surface area (Å²) in [5, 5.41) is 0.624. The molecule has 0 radical (unpaired) electrons. The van der Waals surface area contributed by atoms with Gasteiger partial charge in [-0.05, 0) is 68.7 Å². The standard InChI is InChI=1S/C35H30ClN3/c1-23-18-19-30(25(3)20-23)38-34(27-12-7-5-8-13-27)31-16-11-17-32(37-31)35(28-14-9-6-10-15-28)39-33-26(4)21-24(2)22-29(33)36/h5-22H,1-4H3. The van der Waals surface area contributed by atoms with Crippen LogP contribution in [0, 0.1) is 27.7 Å². The number of nitrogens with zero attached hydrogens (tertiary/aromatic N) is 3. The number of aryl methyl sites for hydroxylation is 4. The summed E-state index contributed by atoms with van der Waals surface area (Å²) < 4.78 is 0. The second-order valence-electron chi connectivity index (χ2n) is 9.76. The number of rotatable bonds is 6. The van der Waals surface area contributed by atoms with Crippen molar-refractivity contribution in [1.29, 1.82) is 0 Å². The van der Waals surface area contributed by atoms with Gasteiger partial charge < -0.3 is 0 Å². The van der Waals surface area contributed by atoms with Gasteiger partial charge in [-0.3, -0.25) is 0 Å². The summed E-state index contributed by atoms with van der Waals surface area (Å²) >= 11 is 6.69. The van der Waals surface area contributed by atoms with Crippen molar-refractivity contribution in [2.45, 2.75) is 27.7 Å². The van der Waals surface area contributed by atoms with Gasteiger partial charge in [0.15, 0.2) is 0 Å². The second-order valence-corrected chi connectivity index (χ2v) is 10.2. The Morgan fingerprint density at radius 2 is 1.13 bits per heavy atom. The van der Waals surface area contributed by atoms with Crippen LogP contribution in [0.1, 0.15) is 44.8 Å². The molecule has 0 aliphatic rings. The molecule has 0 saturated carbocycles. The summed E-state index contributed by atoms with van der Waals surface area (Å²) in [5.74, 6) is 0. The van der Waals surface area contributed by atoms with Crippen LogP contribution in [0.3, 0.4) is 0 Å². The lowest BCUT2D eigenvalue weighted by atomic mass is 10.0. The Balaban J connectivity index is 1.70. The molecule has 0 fully saturated rings. The number of aliphatic imine (C=N–C) groups is 2. The summed E-state index contributed by atoms with van der Waals surface area (Å²) in [4.78, 5) is 15.4. The SMILES string of the molecule is Cc1ccc(N=C(c2ccccc2)c2cccc(C(=Nc3c(C)cc(C)cc3Cl)c3ccccc3)n2)c(C)c1. The highest BCUT2D eigenvalue weighted by Gasteiger charge is 2.16. The highest BCUT2D eigenvalue weighted by atomic mass is 35.5. The third-order valence-electron chi connectivity index (χ3n) is 6.54.